The highest BCUT2D eigenvalue weighted by molar-refractivity contribution is 6.62. The molecule has 21 heavy (non-hydrogen) atoms. The monoisotopic (exact) mass is 290 g/mol. The van der Waals surface area contributed by atoms with E-state index in [9.17, 15) is 0 Å². The minimum Gasteiger partial charge on any atom is -0.493 e. The molecule has 0 spiro atoms. The molecule has 1 aliphatic heterocycles. The van der Waals surface area contributed by atoms with Crippen molar-refractivity contribution >= 4 is 12.6 Å². The van der Waals surface area contributed by atoms with Gasteiger partial charge >= 0.3 is 7.12 Å². The summed E-state index contributed by atoms with van der Waals surface area (Å²) in [5.41, 5.74) is 0.274. The van der Waals surface area contributed by atoms with Gasteiger partial charge in [0.25, 0.3) is 0 Å². The van der Waals surface area contributed by atoms with Crippen LogP contribution in [0.25, 0.3) is 0 Å². The van der Waals surface area contributed by atoms with E-state index in [4.69, 9.17) is 18.8 Å². The Labute approximate surface area is 126 Å². The second-order valence-corrected chi connectivity index (χ2v) is 6.82. The molecule has 4 nitrogen and oxygen atoms in total. The van der Waals surface area contributed by atoms with Crippen molar-refractivity contribution in [1.29, 1.82) is 0 Å². The van der Waals surface area contributed by atoms with Crippen molar-refractivity contribution < 1.29 is 18.8 Å². The second kappa shape index (κ2) is 4.92. The zero-order valence-corrected chi connectivity index (χ0v) is 13.4. The Morgan fingerprint density at radius 1 is 1.05 bits per heavy atom. The third-order valence-electron chi connectivity index (χ3n) is 4.53. The van der Waals surface area contributed by atoms with Gasteiger partial charge in [0.15, 0.2) is 11.5 Å². The first-order chi connectivity index (χ1) is 9.82. The molecule has 0 N–H and O–H groups in total. The summed E-state index contributed by atoms with van der Waals surface area (Å²) in [7, 11) is 1.28. The maximum atomic E-state index is 6.06. The van der Waals surface area contributed by atoms with Crippen LogP contribution in [0.1, 0.15) is 40.5 Å². The average molecular weight is 290 g/mol. The zero-order valence-electron chi connectivity index (χ0n) is 13.4. The van der Waals surface area contributed by atoms with Crippen LogP contribution < -0.4 is 14.9 Å². The van der Waals surface area contributed by atoms with E-state index in [0.717, 1.165) is 29.8 Å². The molecule has 0 bridgehead atoms. The highest BCUT2D eigenvalue weighted by Gasteiger charge is 2.51. The first-order valence-electron chi connectivity index (χ1n) is 7.53. The number of benzene rings is 1. The number of hydrogen-bond donors (Lipinski definition) is 0. The van der Waals surface area contributed by atoms with Gasteiger partial charge in [-0.25, -0.2) is 0 Å². The van der Waals surface area contributed by atoms with Gasteiger partial charge in [-0.15, -0.1) is 0 Å². The number of hydrogen-bond acceptors (Lipinski definition) is 4. The van der Waals surface area contributed by atoms with Gasteiger partial charge in [0.1, 0.15) is 0 Å². The van der Waals surface area contributed by atoms with Crippen molar-refractivity contribution in [3.63, 3.8) is 0 Å². The smallest absolute Gasteiger partial charge is 0.493 e. The molecule has 1 heterocycles. The van der Waals surface area contributed by atoms with Gasteiger partial charge in [-0.3, -0.25) is 0 Å². The lowest BCUT2D eigenvalue weighted by Crippen LogP contribution is -2.41. The molecule has 0 aromatic heterocycles. The summed E-state index contributed by atoms with van der Waals surface area (Å²) in [5, 5.41) is 0. The van der Waals surface area contributed by atoms with Crippen LogP contribution in [0.2, 0.25) is 0 Å². The van der Waals surface area contributed by atoms with Crippen molar-refractivity contribution in [2.45, 2.75) is 57.8 Å². The molecule has 1 aliphatic carbocycles. The third kappa shape index (κ3) is 2.77. The molecule has 0 unspecified atom stereocenters. The van der Waals surface area contributed by atoms with Gasteiger partial charge < -0.3 is 18.8 Å². The highest BCUT2D eigenvalue weighted by Crippen LogP contribution is 2.38. The van der Waals surface area contributed by atoms with Crippen LogP contribution in [-0.2, 0) is 9.31 Å². The molecule has 3 rings (SSSR count). The fourth-order valence-corrected chi connectivity index (χ4v) is 2.27. The normalized spacial score (nSPS) is 23.2. The molecule has 1 aromatic carbocycles. The maximum absolute atomic E-state index is 6.06. The van der Waals surface area contributed by atoms with Crippen LogP contribution in [0, 0.1) is 0 Å². The molecular formula is C16H23BO4. The van der Waals surface area contributed by atoms with E-state index in [-0.39, 0.29) is 18.3 Å². The van der Waals surface area contributed by atoms with Crippen molar-refractivity contribution in [2.24, 2.45) is 0 Å². The molecule has 0 radical (unpaired) electrons. The minimum atomic E-state index is -0.376. The van der Waals surface area contributed by atoms with E-state index in [1.165, 1.54) is 0 Å². The number of rotatable bonds is 4. The zero-order chi connectivity index (χ0) is 15.3. The van der Waals surface area contributed by atoms with Crippen molar-refractivity contribution in [3.8, 4) is 11.5 Å². The molecule has 1 saturated carbocycles. The van der Waals surface area contributed by atoms with Crippen LogP contribution in [0.3, 0.4) is 0 Å². The van der Waals surface area contributed by atoms with Crippen LogP contribution in [-0.4, -0.2) is 31.5 Å². The van der Waals surface area contributed by atoms with Crippen molar-refractivity contribution in [1.82, 2.24) is 0 Å². The molecule has 2 aliphatic rings. The molecule has 1 saturated heterocycles. The summed E-state index contributed by atoms with van der Waals surface area (Å²) in [6.07, 6.45) is 2.60. The Hall–Kier alpha value is -1.20. The van der Waals surface area contributed by atoms with E-state index in [0.29, 0.717) is 6.10 Å². The van der Waals surface area contributed by atoms with Gasteiger partial charge in [-0.1, -0.05) is 6.07 Å². The Morgan fingerprint density at radius 3 is 2.19 bits per heavy atom. The second-order valence-electron chi connectivity index (χ2n) is 6.82. The Bertz CT molecular complexity index is 521. The molecular weight excluding hydrogens is 267 g/mol. The molecule has 0 atom stereocenters. The summed E-state index contributed by atoms with van der Waals surface area (Å²) in [6, 6.07) is 5.87. The van der Waals surface area contributed by atoms with Gasteiger partial charge in [0.2, 0.25) is 0 Å². The van der Waals surface area contributed by atoms with E-state index in [1.54, 1.807) is 7.11 Å². The van der Waals surface area contributed by atoms with Gasteiger partial charge in [0.05, 0.1) is 24.4 Å². The predicted molar refractivity (Wildman–Crippen MR) is 82.4 cm³/mol. The van der Waals surface area contributed by atoms with Gasteiger partial charge in [0, 0.05) is 0 Å². The topological polar surface area (TPSA) is 36.9 Å². The van der Waals surface area contributed by atoms with Crippen LogP contribution in [0.15, 0.2) is 18.2 Å². The fourth-order valence-electron chi connectivity index (χ4n) is 2.27. The SMILES string of the molecule is COc1cc(B2OC(C)(C)C(C)(C)O2)ccc1OC1CC1. The van der Waals surface area contributed by atoms with E-state index in [1.807, 2.05) is 18.2 Å². The first kappa shape index (κ1) is 14.7. The summed E-state index contributed by atoms with van der Waals surface area (Å²) >= 11 is 0. The van der Waals surface area contributed by atoms with E-state index < -0.39 is 0 Å². The Balaban J connectivity index is 1.83. The fraction of sp³-hybridized carbons (Fsp3) is 0.625. The van der Waals surface area contributed by atoms with Crippen LogP contribution in [0.4, 0.5) is 0 Å². The largest absolute Gasteiger partial charge is 0.494 e. The molecule has 5 heteroatoms. The predicted octanol–water partition coefficient (Wildman–Crippen LogP) is 2.54. The number of ether oxygens (including phenoxy) is 2. The molecule has 0 amide bonds. The van der Waals surface area contributed by atoms with Crippen molar-refractivity contribution in [3.05, 3.63) is 18.2 Å². The highest BCUT2D eigenvalue weighted by atomic mass is 16.7. The summed E-state index contributed by atoms with van der Waals surface area (Å²) < 4.78 is 23.4. The average Bonchev–Trinajstić information content (AvgIpc) is 3.17. The summed E-state index contributed by atoms with van der Waals surface area (Å²) in [4.78, 5) is 0. The maximum Gasteiger partial charge on any atom is 0.494 e. The van der Waals surface area contributed by atoms with E-state index >= 15 is 0 Å². The van der Waals surface area contributed by atoms with Crippen LogP contribution >= 0.6 is 0 Å². The third-order valence-corrected chi connectivity index (χ3v) is 4.53. The van der Waals surface area contributed by atoms with Crippen molar-refractivity contribution in [2.75, 3.05) is 7.11 Å². The Kier molecular flexibility index (Phi) is 3.45. The van der Waals surface area contributed by atoms with Gasteiger partial charge in [-0.05, 0) is 58.1 Å². The lowest BCUT2D eigenvalue weighted by Gasteiger charge is -2.32. The molecule has 2 fully saturated rings. The van der Waals surface area contributed by atoms with E-state index in [2.05, 4.69) is 27.7 Å². The molecule has 114 valence electrons. The summed E-state index contributed by atoms with van der Waals surface area (Å²) in [5.74, 6) is 1.52. The lowest BCUT2D eigenvalue weighted by atomic mass is 9.79. The first-order valence-corrected chi connectivity index (χ1v) is 7.53. The lowest BCUT2D eigenvalue weighted by molar-refractivity contribution is 0.00578. The summed E-state index contributed by atoms with van der Waals surface area (Å²) in [6.45, 7) is 8.20. The Morgan fingerprint density at radius 2 is 1.67 bits per heavy atom. The minimum absolute atomic E-state index is 0.339. The standard InChI is InChI=1S/C16H23BO4/c1-15(2)16(3,4)21-17(20-15)11-6-9-13(14(10-11)18-5)19-12-7-8-12/h6,9-10,12H,7-8H2,1-5H3. The quantitative estimate of drug-likeness (QED) is 0.799. The van der Waals surface area contributed by atoms with Crippen LogP contribution in [0.5, 0.6) is 11.5 Å². The number of methoxy groups -OCH3 is 1. The van der Waals surface area contributed by atoms with Gasteiger partial charge in [-0.2, -0.15) is 0 Å². The molecule has 1 aromatic rings.